The molecule has 2 aromatic rings. The Morgan fingerprint density at radius 1 is 1.43 bits per heavy atom. The molecule has 3 rings (SSSR count). The highest BCUT2D eigenvalue weighted by Crippen LogP contribution is 2.24. The molecular formula is C16H21BrN4O2. The summed E-state index contributed by atoms with van der Waals surface area (Å²) in [6.07, 6.45) is 1.70. The lowest BCUT2D eigenvalue weighted by atomic mass is 10.2. The molecule has 0 N–H and O–H groups in total. The van der Waals surface area contributed by atoms with Crippen LogP contribution in [0.15, 0.2) is 22.7 Å². The minimum absolute atomic E-state index is 0.0957. The van der Waals surface area contributed by atoms with Crippen molar-refractivity contribution in [1.82, 2.24) is 19.9 Å². The van der Waals surface area contributed by atoms with Crippen LogP contribution in [0.25, 0.3) is 11.0 Å². The first kappa shape index (κ1) is 16.2. The van der Waals surface area contributed by atoms with Crippen molar-refractivity contribution in [1.29, 1.82) is 0 Å². The Labute approximate surface area is 143 Å². The molecule has 0 aliphatic carbocycles. The third-order valence-electron chi connectivity index (χ3n) is 3.86. The third kappa shape index (κ3) is 3.65. The topological polar surface area (TPSA) is 60.2 Å². The number of likely N-dealkylation sites (tertiary alicyclic amines) is 1. The molecular weight excluding hydrogens is 360 g/mol. The first-order valence-corrected chi connectivity index (χ1v) is 8.61. The Kier molecular flexibility index (Phi) is 4.31. The molecule has 7 heteroatoms. The van der Waals surface area contributed by atoms with Crippen molar-refractivity contribution < 1.29 is 9.53 Å². The zero-order valence-corrected chi connectivity index (χ0v) is 15.2. The Balaban J connectivity index is 1.76. The van der Waals surface area contributed by atoms with E-state index in [1.165, 1.54) is 0 Å². The molecule has 0 saturated carbocycles. The van der Waals surface area contributed by atoms with E-state index in [2.05, 4.69) is 26.2 Å². The van der Waals surface area contributed by atoms with Crippen molar-refractivity contribution in [3.05, 3.63) is 22.7 Å². The van der Waals surface area contributed by atoms with Crippen molar-refractivity contribution in [3.8, 4) is 0 Å². The molecule has 23 heavy (non-hydrogen) atoms. The van der Waals surface area contributed by atoms with Crippen LogP contribution in [0.3, 0.4) is 0 Å². The molecule has 1 atom stereocenters. The normalized spacial score (nSPS) is 18.6. The lowest BCUT2D eigenvalue weighted by Crippen LogP contribution is -2.41. The standard InChI is InChI=1S/C16H21BrN4O2/c1-16(2,3)23-15(22)20-8-4-5-12(20)10-21-14-7-6-11(17)9-13(14)18-19-21/h6-7,9,12H,4-5,8,10H2,1-3H3. The van der Waals surface area contributed by atoms with Crippen LogP contribution in [0.1, 0.15) is 33.6 Å². The number of halogens is 1. The zero-order chi connectivity index (χ0) is 16.6. The van der Waals surface area contributed by atoms with Gasteiger partial charge in [0.15, 0.2) is 0 Å². The van der Waals surface area contributed by atoms with Crippen molar-refractivity contribution in [2.75, 3.05) is 6.54 Å². The minimum atomic E-state index is -0.476. The van der Waals surface area contributed by atoms with Crippen LogP contribution >= 0.6 is 15.9 Å². The molecule has 0 spiro atoms. The van der Waals surface area contributed by atoms with Gasteiger partial charge in [-0.2, -0.15) is 0 Å². The monoisotopic (exact) mass is 380 g/mol. The number of ether oxygens (including phenoxy) is 1. The van der Waals surface area contributed by atoms with Crippen molar-refractivity contribution >= 4 is 33.1 Å². The summed E-state index contributed by atoms with van der Waals surface area (Å²) >= 11 is 3.44. The van der Waals surface area contributed by atoms with Crippen molar-refractivity contribution in [2.45, 2.75) is 51.8 Å². The molecule has 2 heterocycles. The van der Waals surface area contributed by atoms with Gasteiger partial charge in [-0.1, -0.05) is 21.1 Å². The van der Waals surface area contributed by atoms with Gasteiger partial charge >= 0.3 is 6.09 Å². The Bertz CT molecular complexity index is 722. The number of amides is 1. The van der Waals surface area contributed by atoms with E-state index in [0.717, 1.165) is 34.9 Å². The predicted octanol–water partition coefficient (Wildman–Crippen LogP) is 3.59. The van der Waals surface area contributed by atoms with Crippen LogP contribution in [0, 0.1) is 0 Å². The van der Waals surface area contributed by atoms with Crippen LogP contribution in [0.5, 0.6) is 0 Å². The highest BCUT2D eigenvalue weighted by atomic mass is 79.9. The van der Waals surface area contributed by atoms with Gasteiger partial charge in [0, 0.05) is 11.0 Å². The van der Waals surface area contributed by atoms with E-state index >= 15 is 0 Å². The van der Waals surface area contributed by atoms with E-state index < -0.39 is 5.60 Å². The summed E-state index contributed by atoms with van der Waals surface area (Å²) in [7, 11) is 0. The Morgan fingerprint density at radius 3 is 2.96 bits per heavy atom. The summed E-state index contributed by atoms with van der Waals surface area (Å²) < 4.78 is 8.36. The van der Waals surface area contributed by atoms with Crippen molar-refractivity contribution in [3.63, 3.8) is 0 Å². The molecule has 1 aromatic heterocycles. The molecule has 6 nitrogen and oxygen atoms in total. The fourth-order valence-corrected chi connectivity index (χ4v) is 3.22. The number of carbonyl (C=O) groups excluding carboxylic acids is 1. The van der Waals surface area contributed by atoms with Gasteiger partial charge in [0.25, 0.3) is 0 Å². The summed E-state index contributed by atoms with van der Waals surface area (Å²) in [5.41, 5.74) is 1.35. The largest absolute Gasteiger partial charge is 0.444 e. The third-order valence-corrected chi connectivity index (χ3v) is 4.36. The number of carbonyl (C=O) groups is 1. The second kappa shape index (κ2) is 6.11. The summed E-state index contributed by atoms with van der Waals surface area (Å²) in [6, 6.07) is 6.01. The molecule has 1 aromatic carbocycles. The lowest BCUT2D eigenvalue weighted by molar-refractivity contribution is 0.0212. The fraction of sp³-hybridized carbons (Fsp3) is 0.562. The summed E-state index contributed by atoms with van der Waals surface area (Å²) in [5.74, 6) is 0. The lowest BCUT2D eigenvalue weighted by Gasteiger charge is -2.28. The number of nitrogens with zero attached hydrogens (tertiary/aromatic N) is 4. The average Bonchev–Trinajstić information content (AvgIpc) is 3.04. The van der Waals surface area contributed by atoms with Gasteiger partial charge < -0.3 is 9.64 Å². The average molecular weight is 381 g/mol. The molecule has 1 aliphatic heterocycles. The summed E-state index contributed by atoms with van der Waals surface area (Å²) in [4.78, 5) is 14.2. The second-order valence-electron chi connectivity index (χ2n) is 6.87. The van der Waals surface area contributed by atoms with Crippen LogP contribution < -0.4 is 0 Å². The van der Waals surface area contributed by atoms with Gasteiger partial charge in [0.05, 0.1) is 18.1 Å². The maximum atomic E-state index is 12.4. The second-order valence-corrected chi connectivity index (χ2v) is 7.79. The molecule has 0 radical (unpaired) electrons. The number of aromatic nitrogens is 3. The van der Waals surface area contributed by atoms with E-state index in [9.17, 15) is 4.79 Å². The SMILES string of the molecule is CC(C)(C)OC(=O)N1CCCC1Cn1nnc2cc(Br)ccc21. The van der Waals surface area contributed by atoms with Crippen LogP contribution in [0.4, 0.5) is 4.79 Å². The predicted molar refractivity (Wildman–Crippen MR) is 91.2 cm³/mol. The first-order valence-electron chi connectivity index (χ1n) is 7.82. The van der Waals surface area contributed by atoms with Gasteiger partial charge in [0.2, 0.25) is 0 Å². The van der Waals surface area contributed by atoms with E-state index in [4.69, 9.17) is 4.74 Å². The molecule has 0 bridgehead atoms. The van der Waals surface area contributed by atoms with Gasteiger partial charge in [-0.05, 0) is 51.8 Å². The highest BCUT2D eigenvalue weighted by molar-refractivity contribution is 9.10. The number of hydrogen-bond acceptors (Lipinski definition) is 4. The van der Waals surface area contributed by atoms with E-state index in [1.807, 2.05) is 48.6 Å². The van der Waals surface area contributed by atoms with Crippen LogP contribution in [-0.2, 0) is 11.3 Å². The number of hydrogen-bond donors (Lipinski definition) is 0. The van der Waals surface area contributed by atoms with Gasteiger partial charge in [-0.25, -0.2) is 9.48 Å². The maximum Gasteiger partial charge on any atom is 0.410 e. The smallest absolute Gasteiger partial charge is 0.410 e. The molecule has 1 fully saturated rings. The summed E-state index contributed by atoms with van der Waals surface area (Å²) in [5, 5.41) is 8.43. The first-order chi connectivity index (χ1) is 10.8. The highest BCUT2D eigenvalue weighted by Gasteiger charge is 2.32. The van der Waals surface area contributed by atoms with Crippen molar-refractivity contribution in [2.24, 2.45) is 0 Å². The van der Waals surface area contributed by atoms with Gasteiger partial charge in [0.1, 0.15) is 11.1 Å². The van der Waals surface area contributed by atoms with E-state index in [0.29, 0.717) is 6.54 Å². The van der Waals surface area contributed by atoms with Gasteiger partial charge in [-0.3, -0.25) is 0 Å². The molecule has 1 unspecified atom stereocenters. The molecule has 1 saturated heterocycles. The minimum Gasteiger partial charge on any atom is -0.444 e. The molecule has 1 amide bonds. The quantitative estimate of drug-likeness (QED) is 0.798. The van der Waals surface area contributed by atoms with Gasteiger partial charge in [-0.15, -0.1) is 5.10 Å². The zero-order valence-electron chi connectivity index (χ0n) is 13.6. The van der Waals surface area contributed by atoms with E-state index in [1.54, 1.807) is 0 Å². The maximum absolute atomic E-state index is 12.4. The van der Waals surface area contributed by atoms with Crippen LogP contribution in [0.2, 0.25) is 0 Å². The number of fused-ring (bicyclic) bond motifs is 1. The number of benzene rings is 1. The van der Waals surface area contributed by atoms with E-state index in [-0.39, 0.29) is 12.1 Å². The van der Waals surface area contributed by atoms with Crippen LogP contribution in [-0.4, -0.2) is 44.2 Å². The fourth-order valence-electron chi connectivity index (χ4n) is 2.87. The Morgan fingerprint density at radius 2 is 2.22 bits per heavy atom. The Hall–Kier alpha value is -1.63. The number of rotatable bonds is 2. The summed E-state index contributed by atoms with van der Waals surface area (Å²) in [6.45, 7) is 7.03. The molecule has 1 aliphatic rings. The molecule has 124 valence electrons.